The van der Waals surface area contributed by atoms with Crippen molar-refractivity contribution < 1.29 is 4.79 Å². The van der Waals surface area contributed by atoms with Crippen LogP contribution >= 0.6 is 23.2 Å². The highest BCUT2D eigenvalue weighted by atomic mass is 35.5. The summed E-state index contributed by atoms with van der Waals surface area (Å²) in [6.45, 7) is 2.04. The van der Waals surface area contributed by atoms with Crippen LogP contribution in [0.1, 0.15) is 18.9 Å². The zero-order chi connectivity index (χ0) is 12.0. The van der Waals surface area contributed by atoms with Gasteiger partial charge in [-0.25, -0.2) is 0 Å². The van der Waals surface area contributed by atoms with Crippen molar-refractivity contribution in [3.63, 3.8) is 0 Å². The summed E-state index contributed by atoms with van der Waals surface area (Å²) in [6, 6.07) is 5.23. The molecule has 0 saturated heterocycles. The van der Waals surface area contributed by atoms with Crippen molar-refractivity contribution in [2.75, 3.05) is 6.54 Å². The molecule has 1 rings (SSSR count). The van der Waals surface area contributed by atoms with E-state index < -0.39 is 0 Å². The third kappa shape index (κ3) is 4.57. The molecule has 0 unspecified atom stereocenters. The molecule has 0 aromatic heterocycles. The fraction of sp³-hybridized carbons (Fsp3) is 0.250. The molecule has 16 heavy (non-hydrogen) atoms. The smallest absolute Gasteiger partial charge is 0.216 e. The lowest BCUT2D eigenvalue weighted by atomic mass is 10.2. The van der Waals surface area contributed by atoms with Crippen molar-refractivity contribution in [2.24, 2.45) is 0 Å². The summed E-state index contributed by atoms with van der Waals surface area (Å²) in [5.74, 6) is 5.83. The molecule has 0 heterocycles. The van der Waals surface area contributed by atoms with Gasteiger partial charge in [-0.3, -0.25) is 4.79 Å². The molecule has 0 aliphatic carbocycles. The Kier molecular flexibility index (Phi) is 5.18. The van der Waals surface area contributed by atoms with Crippen LogP contribution in [0.15, 0.2) is 18.2 Å². The lowest BCUT2D eigenvalue weighted by Gasteiger charge is -1.96. The van der Waals surface area contributed by atoms with Gasteiger partial charge in [0.15, 0.2) is 0 Å². The van der Waals surface area contributed by atoms with E-state index >= 15 is 0 Å². The second-order valence-corrected chi connectivity index (χ2v) is 3.98. The highest BCUT2D eigenvalue weighted by Crippen LogP contribution is 2.21. The van der Waals surface area contributed by atoms with Gasteiger partial charge in [0.1, 0.15) is 0 Å². The quantitative estimate of drug-likeness (QED) is 0.639. The van der Waals surface area contributed by atoms with Gasteiger partial charge < -0.3 is 5.32 Å². The molecule has 1 aromatic rings. The monoisotopic (exact) mass is 255 g/mol. The molecule has 0 spiro atoms. The first-order chi connectivity index (χ1) is 7.59. The van der Waals surface area contributed by atoms with Gasteiger partial charge in [0, 0.05) is 25.5 Å². The van der Waals surface area contributed by atoms with Crippen LogP contribution in [-0.2, 0) is 4.79 Å². The van der Waals surface area contributed by atoms with E-state index in [4.69, 9.17) is 23.2 Å². The Hall–Kier alpha value is -1.17. The van der Waals surface area contributed by atoms with E-state index in [1.54, 1.807) is 18.2 Å². The molecular weight excluding hydrogens is 245 g/mol. The Balaban J connectivity index is 2.50. The predicted molar refractivity (Wildman–Crippen MR) is 66.6 cm³/mol. The van der Waals surface area contributed by atoms with Gasteiger partial charge >= 0.3 is 0 Å². The first kappa shape index (κ1) is 12.9. The van der Waals surface area contributed by atoms with Gasteiger partial charge in [-0.2, -0.15) is 0 Å². The zero-order valence-corrected chi connectivity index (χ0v) is 10.3. The minimum absolute atomic E-state index is 0.0451. The van der Waals surface area contributed by atoms with Crippen molar-refractivity contribution >= 4 is 29.1 Å². The van der Waals surface area contributed by atoms with Crippen LogP contribution in [0.4, 0.5) is 0 Å². The summed E-state index contributed by atoms with van der Waals surface area (Å²) in [5.41, 5.74) is 0.817. The number of amides is 1. The Morgan fingerprint density at radius 1 is 1.38 bits per heavy atom. The molecular formula is C12H11Cl2NO. The Bertz CT molecular complexity index is 446. The second kappa shape index (κ2) is 6.42. The van der Waals surface area contributed by atoms with Crippen LogP contribution < -0.4 is 5.32 Å². The molecule has 1 N–H and O–H groups in total. The third-order valence-electron chi connectivity index (χ3n) is 1.78. The van der Waals surface area contributed by atoms with E-state index in [1.165, 1.54) is 6.92 Å². The van der Waals surface area contributed by atoms with Crippen molar-refractivity contribution in [1.29, 1.82) is 0 Å². The molecule has 84 valence electrons. The first-order valence-electron chi connectivity index (χ1n) is 4.78. The number of benzene rings is 1. The fourth-order valence-electron chi connectivity index (χ4n) is 1.04. The molecule has 0 fully saturated rings. The summed E-state index contributed by atoms with van der Waals surface area (Å²) in [5, 5.41) is 3.68. The maximum absolute atomic E-state index is 10.6. The van der Waals surface area contributed by atoms with Crippen molar-refractivity contribution in [2.45, 2.75) is 13.3 Å². The number of rotatable bonds is 2. The van der Waals surface area contributed by atoms with Crippen LogP contribution in [0.5, 0.6) is 0 Å². The lowest BCUT2D eigenvalue weighted by Crippen LogP contribution is -2.20. The fourth-order valence-corrected chi connectivity index (χ4v) is 1.34. The molecule has 1 amide bonds. The standard InChI is InChI=1S/C12H11Cl2NO/c1-9(16)15-7-3-2-4-10-5-6-11(13)12(14)8-10/h5-6,8H,3,7H2,1H3,(H,15,16). The van der Waals surface area contributed by atoms with E-state index in [-0.39, 0.29) is 5.91 Å². The lowest BCUT2D eigenvalue weighted by molar-refractivity contribution is -0.118. The number of carbonyl (C=O) groups excluding carboxylic acids is 1. The van der Waals surface area contributed by atoms with E-state index in [9.17, 15) is 4.79 Å². The largest absolute Gasteiger partial charge is 0.355 e. The average Bonchev–Trinajstić information content (AvgIpc) is 2.22. The number of hydrogen-bond acceptors (Lipinski definition) is 1. The SMILES string of the molecule is CC(=O)NCCC#Cc1ccc(Cl)c(Cl)c1. The van der Waals surface area contributed by atoms with Crippen LogP contribution in [0.25, 0.3) is 0 Å². The van der Waals surface area contributed by atoms with Gasteiger partial charge in [0.25, 0.3) is 0 Å². The number of carbonyl (C=O) groups is 1. The average molecular weight is 256 g/mol. The maximum Gasteiger partial charge on any atom is 0.216 e. The van der Waals surface area contributed by atoms with Crippen molar-refractivity contribution in [1.82, 2.24) is 5.32 Å². The number of halogens is 2. The number of nitrogens with one attached hydrogen (secondary N) is 1. The molecule has 0 aliphatic rings. The summed E-state index contributed by atoms with van der Waals surface area (Å²) in [6.07, 6.45) is 0.611. The Morgan fingerprint density at radius 2 is 2.12 bits per heavy atom. The van der Waals surface area contributed by atoms with Crippen molar-refractivity contribution in [3.05, 3.63) is 33.8 Å². The maximum atomic E-state index is 10.6. The van der Waals surface area contributed by atoms with E-state index in [2.05, 4.69) is 17.2 Å². The number of hydrogen-bond donors (Lipinski definition) is 1. The normalized spacial score (nSPS) is 9.19. The first-order valence-corrected chi connectivity index (χ1v) is 5.53. The molecule has 0 radical (unpaired) electrons. The molecule has 4 heteroatoms. The van der Waals surface area contributed by atoms with Crippen LogP contribution in [0.2, 0.25) is 10.0 Å². The topological polar surface area (TPSA) is 29.1 Å². The predicted octanol–water partition coefficient (Wildman–Crippen LogP) is 2.87. The van der Waals surface area contributed by atoms with Crippen molar-refractivity contribution in [3.8, 4) is 11.8 Å². The van der Waals surface area contributed by atoms with E-state index in [1.807, 2.05) is 0 Å². The second-order valence-electron chi connectivity index (χ2n) is 3.16. The minimum atomic E-state index is -0.0451. The van der Waals surface area contributed by atoms with Crippen LogP contribution in [0, 0.1) is 11.8 Å². The van der Waals surface area contributed by atoms with E-state index in [0.717, 1.165) is 5.56 Å². The van der Waals surface area contributed by atoms with Gasteiger partial charge in [-0.05, 0) is 18.2 Å². The summed E-state index contributed by atoms with van der Waals surface area (Å²) in [4.78, 5) is 10.6. The molecule has 0 saturated carbocycles. The highest BCUT2D eigenvalue weighted by molar-refractivity contribution is 6.42. The summed E-state index contributed by atoms with van der Waals surface area (Å²) >= 11 is 11.6. The molecule has 0 atom stereocenters. The van der Waals surface area contributed by atoms with Gasteiger partial charge in [-0.15, -0.1) is 0 Å². The van der Waals surface area contributed by atoms with Crippen LogP contribution in [0.3, 0.4) is 0 Å². The Labute approximate surface area is 105 Å². The summed E-state index contributed by atoms with van der Waals surface area (Å²) < 4.78 is 0. The summed E-state index contributed by atoms with van der Waals surface area (Å²) in [7, 11) is 0. The molecule has 0 bridgehead atoms. The van der Waals surface area contributed by atoms with Gasteiger partial charge in [-0.1, -0.05) is 35.0 Å². The van der Waals surface area contributed by atoms with Crippen LogP contribution in [-0.4, -0.2) is 12.5 Å². The third-order valence-corrected chi connectivity index (χ3v) is 2.52. The Morgan fingerprint density at radius 3 is 2.75 bits per heavy atom. The molecule has 0 aliphatic heterocycles. The zero-order valence-electron chi connectivity index (χ0n) is 8.81. The minimum Gasteiger partial charge on any atom is -0.355 e. The highest BCUT2D eigenvalue weighted by Gasteiger charge is 1.96. The van der Waals surface area contributed by atoms with Gasteiger partial charge in [0.2, 0.25) is 5.91 Å². The molecule has 1 aromatic carbocycles. The molecule has 2 nitrogen and oxygen atoms in total. The van der Waals surface area contributed by atoms with Gasteiger partial charge in [0.05, 0.1) is 10.0 Å². The van der Waals surface area contributed by atoms with E-state index in [0.29, 0.717) is 23.0 Å².